The molecule has 0 saturated carbocycles. The molecule has 0 amide bonds. The molecule has 3 aromatic rings. The number of carbonyl (C=O) groups excluding carboxylic acids is 1. The van der Waals surface area contributed by atoms with Crippen LogP contribution in [0, 0.1) is 11.3 Å². The minimum absolute atomic E-state index is 0.0498. The largest absolute Gasteiger partial charge is 0.497 e. The van der Waals surface area contributed by atoms with E-state index in [2.05, 4.69) is 9.97 Å². The number of nitrogens with zero attached hydrogens (tertiary/aromatic N) is 3. The van der Waals surface area contributed by atoms with Gasteiger partial charge in [0.1, 0.15) is 41.3 Å². The number of nitrogens with two attached hydrogens (primary N) is 1. The van der Waals surface area contributed by atoms with Crippen LogP contribution < -0.4 is 15.2 Å². The molecule has 0 aliphatic heterocycles. The number of nitriles is 1. The Bertz CT molecular complexity index is 1130. The average molecular weight is 436 g/mol. The first-order chi connectivity index (χ1) is 15.0. The lowest BCUT2D eigenvalue weighted by molar-refractivity contribution is 0.0600. The Hall–Kier alpha value is -3.77. The van der Waals surface area contributed by atoms with Crippen molar-refractivity contribution in [2.45, 2.75) is 17.5 Å². The van der Waals surface area contributed by atoms with Gasteiger partial charge in [-0.3, -0.25) is 0 Å². The van der Waals surface area contributed by atoms with Crippen molar-refractivity contribution in [3.63, 3.8) is 0 Å². The monoisotopic (exact) mass is 436 g/mol. The van der Waals surface area contributed by atoms with Crippen molar-refractivity contribution in [2.24, 2.45) is 0 Å². The maximum atomic E-state index is 11.7. The number of aromatic nitrogens is 2. The molecular weight excluding hydrogens is 416 g/mol. The molecule has 0 radical (unpaired) electrons. The predicted molar refractivity (Wildman–Crippen MR) is 116 cm³/mol. The molecular formula is C22H20N4O4S. The number of hydrogen-bond donors (Lipinski definition) is 1. The molecule has 0 atom stereocenters. The second-order valence-corrected chi connectivity index (χ2v) is 7.22. The van der Waals surface area contributed by atoms with Gasteiger partial charge in [0.15, 0.2) is 5.16 Å². The van der Waals surface area contributed by atoms with E-state index in [4.69, 9.17) is 19.9 Å². The van der Waals surface area contributed by atoms with Crippen LogP contribution in [0.5, 0.6) is 11.5 Å². The number of nitrogen functional groups attached to an aromatic ring is 1. The highest BCUT2D eigenvalue weighted by atomic mass is 32.2. The number of methoxy groups -OCH3 is 2. The van der Waals surface area contributed by atoms with Gasteiger partial charge < -0.3 is 19.9 Å². The van der Waals surface area contributed by atoms with Gasteiger partial charge in [0.05, 0.1) is 19.8 Å². The topological polar surface area (TPSA) is 120 Å². The molecule has 2 N–H and O–H groups in total. The number of esters is 1. The van der Waals surface area contributed by atoms with E-state index in [1.54, 1.807) is 49.6 Å². The molecule has 0 aliphatic carbocycles. The molecule has 0 unspecified atom stereocenters. The summed E-state index contributed by atoms with van der Waals surface area (Å²) >= 11 is 1.34. The number of hydrogen-bond acceptors (Lipinski definition) is 9. The van der Waals surface area contributed by atoms with E-state index in [1.165, 1.54) is 18.9 Å². The Balaban J connectivity index is 1.75. The third kappa shape index (κ3) is 5.65. The second kappa shape index (κ2) is 10.3. The fourth-order valence-corrected chi connectivity index (χ4v) is 3.50. The molecule has 0 bridgehead atoms. The Morgan fingerprint density at radius 2 is 1.90 bits per heavy atom. The summed E-state index contributed by atoms with van der Waals surface area (Å²) in [4.78, 5) is 20.4. The number of carbonyl (C=O) groups is 1. The highest BCUT2D eigenvalue weighted by Gasteiger charge is 2.14. The SMILES string of the molecule is COC(=O)c1cccc(CSc2nc(N)c(C#N)c(COc3cccc(OC)c3)n2)c1. The Labute approximate surface area is 184 Å². The lowest BCUT2D eigenvalue weighted by atomic mass is 10.1. The zero-order chi connectivity index (χ0) is 22.2. The van der Waals surface area contributed by atoms with Crippen LogP contribution in [-0.2, 0) is 17.1 Å². The van der Waals surface area contributed by atoms with Crippen LogP contribution in [-0.4, -0.2) is 30.2 Å². The van der Waals surface area contributed by atoms with Gasteiger partial charge in [-0.2, -0.15) is 5.26 Å². The summed E-state index contributed by atoms with van der Waals surface area (Å²) in [7, 11) is 2.91. The maximum Gasteiger partial charge on any atom is 0.337 e. The maximum absolute atomic E-state index is 11.7. The van der Waals surface area contributed by atoms with E-state index in [0.29, 0.717) is 33.7 Å². The highest BCUT2D eigenvalue weighted by molar-refractivity contribution is 7.98. The van der Waals surface area contributed by atoms with Crippen LogP contribution >= 0.6 is 11.8 Å². The molecule has 8 nitrogen and oxygen atoms in total. The van der Waals surface area contributed by atoms with Gasteiger partial charge in [-0.05, 0) is 29.8 Å². The average Bonchev–Trinajstić information content (AvgIpc) is 2.81. The summed E-state index contributed by atoms with van der Waals surface area (Å²) in [5.74, 6) is 1.43. The van der Waals surface area contributed by atoms with E-state index >= 15 is 0 Å². The quantitative estimate of drug-likeness (QED) is 0.321. The first kappa shape index (κ1) is 21.9. The number of anilines is 1. The standard InChI is InChI=1S/C22H20N4O4S/c1-28-16-7-4-8-17(10-16)30-12-19-18(11-23)20(24)26-22(25-19)31-13-14-5-3-6-15(9-14)21(27)29-2/h3-10H,12-13H2,1-2H3,(H2,24,25,26). The first-order valence-corrected chi connectivity index (χ1v) is 10.2. The Morgan fingerprint density at radius 1 is 1.13 bits per heavy atom. The van der Waals surface area contributed by atoms with Crippen LogP contribution in [0.15, 0.2) is 53.7 Å². The first-order valence-electron chi connectivity index (χ1n) is 9.17. The van der Waals surface area contributed by atoms with E-state index in [-0.39, 0.29) is 18.0 Å². The van der Waals surface area contributed by atoms with Gasteiger partial charge >= 0.3 is 5.97 Å². The predicted octanol–water partition coefficient (Wildman–Crippen LogP) is 3.60. The molecule has 0 saturated heterocycles. The van der Waals surface area contributed by atoms with Gasteiger partial charge in [-0.15, -0.1) is 0 Å². The lowest BCUT2D eigenvalue weighted by Crippen LogP contribution is -2.08. The minimum Gasteiger partial charge on any atom is -0.497 e. The van der Waals surface area contributed by atoms with Crippen LogP contribution in [0.25, 0.3) is 0 Å². The summed E-state index contributed by atoms with van der Waals surface area (Å²) < 4.78 is 15.7. The van der Waals surface area contributed by atoms with Crippen LogP contribution in [0.3, 0.4) is 0 Å². The van der Waals surface area contributed by atoms with Crippen molar-refractivity contribution in [1.29, 1.82) is 5.26 Å². The van der Waals surface area contributed by atoms with E-state index < -0.39 is 5.97 Å². The molecule has 0 aliphatic rings. The fraction of sp³-hybridized carbons (Fsp3) is 0.182. The number of rotatable bonds is 8. The van der Waals surface area contributed by atoms with Crippen LogP contribution in [0.4, 0.5) is 5.82 Å². The molecule has 1 heterocycles. The highest BCUT2D eigenvalue weighted by Crippen LogP contribution is 2.25. The molecule has 0 spiro atoms. The van der Waals surface area contributed by atoms with Gasteiger partial charge in [0.2, 0.25) is 0 Å². The molecule has 0 fully saturated rings. The van der Waals surface area contributed by atoms with Crippen molar-refractivity contribution in [3.8, 4) is 17.6 Å². The molecule has 2 aromatic carbocycles. The zero-order valence-electron chi connectivity index (χ0n) is 17.0. The smallest absolute Gasteiger partial charge is 0.337 e. The minimum atomic E-state index is -0.400. The number of ether oxygens (including phenoxy) is 3. The molecule has 3 rings (SSSR count). The Kier molecular flexibility index (Phi) is 7.30. The van der Waals surface area contributed by atoms with Crippen LogP contribution in [0.1, 0.15) is 27.2 Å². The summed E-state index contributed by atoms with van der Waals surface area (Å²) in [6.07, 6.45) is 0. The van der Waals surface area contributed by atoms with Crippen molar-refractivity contribution in [3.05, 3.63) is 70.9 Å². The fourth-order valence-electron chi connectivity index (χ4n) is 2.69. The van der Waals surface area contributed by atoms with Gasteiger partial charge in [0, 0.05) is 11.8 Å². The van der Waals surface area contributed by atoms with Crippen molar-refractivity contribution < 1.29 is 19.0 Å². The summed E-state index contributed by atoms with van der Waals surface area (Å²) in [5, 5.41) is 9.85. The number of thioether (sulfide) groups is 1. The van der Waals surface area contributed by atoms with E-state index in [9.17, 15) is 10.1 Å². The Morgan fingerprint density at radius 3 is 2.65 bits per heavy atom. The summed E-state index contributed by atoms with van der Waals surface area (Å²) in [6, 6.07) is 16.3. The van der Waals surface area contributed by atoms with Crippen molar-refractivity contribution in [1.82, 2.24) is 9.97 Å². The van der Waals surface area contributed by atoms with E-state index in [0.717, 1.165) is 5.56 Å². The van der Waals surface area contributed by atoms with Crippen LogP contribution in [0.2, 0.25) is 0 Å². The second-order valence-electron chi connectivity index (χ2n) is 6.27. The van der Waals surface area contributed by atoms with Gasteiger partial charge in [0.25, 0.3) is 0 Å². The summed E-state index contributed by atoms with van der Waals surface area (Å²) in [6.45, 7) is 0.0498. The molecule has 31 heavy (non-hydrogen) atoms. The number of benzene rings is 2. The lowest BCUT2D eigenvalue weighted by Gasteiger charge is -2.11. The van der Waals surface area contributed by atoms with E-state index in [1.807, 2.05) is 12.1 Å². The third-order valence-electron chi connectivity index (χ3n) is 4.24. The van der Waals surface area contributed by atoms with Gasteiger partial charge in [-0.25, -0.2) is 14.8 Å². The normalized spacial score (nSPS) is 10.2. The molecule has 158 valence electrons. The zero-order valence-corrected chi connectivity index (χ0v) is 17.8. The van der Waals surface area contributed by atoms with Crippen molar-refractivity contribution in [2.75, 3.05) is 20.0 Å². The third-order valence-corrected chi connectivity index (χ3v) is 5.15. The molecule has 1 aromatic heterocycles. The van der Waals surface area contributed by atoms with Gasteiger partial charge in [-0.1, -0.05) is 30.0 Å². The summed E-state index contributed by atoms with van der Waals surface area (Å²) in [5.41, 5.74) is 7.91. The molecule has 9 heteroatoms. The van der Waals surface area contributed by atoms with Crippen molar-refractivity contribution >= 4 is 23.5 Å².